The molecule has 2 nitrogen and oxygen atoms in total. The molecule has 0 heterocycles. The Kier molecular flexibility index (Phi) is 6.59. The molecule has 0 spiro atoms. The normalized spacial score (nSPS) is 10.6. The van der Waals surface area contributed by atoms with Gasteiger partial charge in [0.05, 0.1) is 6.61 Å². The molecule has 154 valence electrons. The van der Waals surface area contributed by atoms with E-state index in [0.29, 0.717) is 19.4 Å². The Morgan fingerprint density at radius 1 is 0.613 bits per heavy atom. The van der Waals surface area contributed by atoms with E-state index >= 15 is 0 Å². The number of carbonyl (C=O) groups excluding carboxylic acids is 1. The SMILES string of the molecule is CCOC(=O)CCc1ccc(-c2ccc(-c3ccccc3-c3ccccc3)cc2)cc1. The van der Waals surface area contributed by atoms with Gasteiger partial charge in [-0.25, -0.2) is 0 Å². The Morgan fingerprint density at radius 3 is 1.68 bits per heavy atom. The monoisotopic (exact) mass is 406 g/mol. The van der Waals surface area contributed by atoms with Gasteiger partial charge in [-0.1, -0.05) is 103 Å². The van der Waals surface area contributed by atoms with E-state index in [2.05, 4.69) is 97.1 Å². The number of hydrogen-bond donors (Lipinski definition) is 0. The summed E-state index contributed by atoms with van der Waals surface area (Å²) in [6, 6.07) is 36.2. The quantitative estimate of drug-likeness (QED) is 0.304. The van der Waals surface area contributed by atoms with Crippen LogP contribution in [0.1, 0.15) is 18.9 Å². The minimum Gasteiger partial charge on any atom is -0.466 e. The average molecular weight is 407 g/mol. The van der Waals surface area contributed by atoms with E-state index in [0.717, 1.165) is 5.56 Å². The highest BCUT2D eigenvalue weighted by Gasteiger charge is 2.08. The topological polar surface area (TPSA) is 26.3 Å². The summed E-state index contributed by atoms with van der Waals surface area (Å²) in [6.45, 7) is 2.27. The second-order valence-corrected chi connectivity index (χ2v) is 7.49. The summed E-state index contributed by atoms with van der Waals surface area (Å²) < 4.78 is 5.00. The molecule has 0 unspecified atom stereocenters. The van der Waals surface area contributed by atoms with Crippen LogP contribution in [0.15, 0.2) is 103 Å². The fraction of sp³-hybridized carbons (Fsp3) is 0.138. The molecule has 0 fully saturated rings. The molecule has 0 amide bonds. The van der Waals surface area contributed by atoms with Gasteiger partial charge in [0.2, 0.25) is 0 Å². The third kappa shape index (κ3) is 5.10. The molecule has 4 rings (SSSR count). The van der Waals surface area contributed by atoms with E-state index in [4.69, 9.17) is 4.74 Å². The Hall–Kier alpha value is -3.65. The van der Waals surface area contributed by atoms with E-state index in [1.807, 2.05) is 13.0 Å². The number of esters is 1. The van der Waals surface area contributed by atoms with E-state index in [9.17, 15) is 4.79 Å². The van der Waals surface area contributed by atoms with Crippen LogP contribution in [-0.4, -0.2) is 12.6 Å². The van der Waals surface area contributed by atoms with Gasteiger partial charge in [0, 0.05) is 6.42 Å². The first kappa shape index (κ1) is 20.6. The van der Waals surface area contributed by atoms with Crippen LogP contribution in [0.2, 0.25) is 0 Å². The van der Waals surface area contributed by atoms with Crippen molar-refractivity contribution >= 4 is 5.97 Å². The van der Waals surface area contributed by atoms with E-state index in [-0.39, 0.29) is 5.97 Å². The Bertz CT molecular complexity index is 1130. The molecule has 0 atom stereocenters. The molecule has 0 radical (unpaired) electrons. The van der Waals surface area contributed by atoms with Crippen LogP contribution in [0.3, 0.4) is 0 Å². The van der Waals surface area contributed by atoms with Crippen LogP contribution in [0.5, 0.6) is 0 Å². The number of aryl methyl sites for hydroxylation is 1. The standard InChI is InChI=1S/C29H26O2/c1-2-31-29(30)21-14-22-12-15-23(16-13-22)24-17-19-26(20-18-24)28-11-7-6-10-27(28)25-8-4-3-5-9-25/h3-13,15-20H,2,14,21H2,1H3. The number of ether oxygens (including phenoxy) is 1. The fourth-order valence-corrected chi connectivity index (χ4v) is 3.79. The molecule has 0 aliphatic rings. The average Bonchev–Trinajstić information content (AvgIpc) is 2.84. The first-order chi connectivity index (χ1) is 15.2. The van der Waals surface area contributed by atoms with Crippen LogP contribution in [0.4, 0.5) is 0 Å². The molecular formula is C29H26O2. The summed E-state index contributed by atoms with van der Waals surface area (Å²) in [6.07, 6.45) is 1.12. The largest absolute Gasteiger partial charge is 0.466 e. The van der Waals surface area contributed by atoms with E-state index < -0.39 is 0 Å². The smallest absolute Gasteiger partial charge is 0.306 e. The summed E-state index contributed by atoms with van der Waals surface area (Å²) in [5.74, 6) is -0.141. The van der Waals surface area contributed by atoms with Crippen molar-refractivity contribution in [2.24, 2.45) is 0 Å². The molecule has 0 saturated heterocycles. The molecule has 0 aliphatic carbocycles. The number of hydrogen-bond acceptors (Lipinski definition) is 2. The highest BCUT2D eigenvalue weighted by atomic mass is 16.5. The molecular weight excluding hydrogens is 380 g/mol. The van der Waals surface area contributed by atoms with Gasteiger partial charge in [0.25, 0.3) is 0 Å². The number of rotatable bonds is 7. The van der Waals surface area contributed by atoms with Gasteiger partial charge in [-0.05, 0) is 52.3 Å². The Labute approximate surface area is 184 Å². The molecule has 0 bridgehead atoms. The molecule has 0 N–H and O–H groups in total. The van der Waals surface area contributed by atoms with Crippen molar-refractivity contribution in [2.45, 2.75) is 19.8 Å². The first-order valence-corrected chi connectivity index (χ1v) is 10.7. The molecule has 0 saturated carbocycles. The van der Waals surface area contributed by atoms with Gasteiger partial charge < -0.3 is 4.74 Å². The lowest BCUT2D eigenvalue weighted by atomic mass is 9.93. The second-order valence-electron chi connectivity index (χ2n) is 7.49. The molecule has 4 aromatic carbocycles. The van der Waals surface area contributed by atoms with Crippen LogP contribution < -0.4 is 0 Å². The zero-order chi connectivity index (χ0) is 21.5. The van der Waals surface area contributed by atoms with Crippen molar-refractivity contribution in [1.82, 2.24) is 0 Å². The van der Waals surface area contributed by atoms with Crippen LogP contribution in [-0.2, 0) is 16.0 Å². The summed E-state index contributed by atoms with van der Waals surface area (Å²) in [4.78, 5) is 11.5. The molecule has 2 heteroatoms. The minimum atomic E-state index is -0.141. The van der Waals surface area contributed by atoms with Gasteiger partial charge in [0.1, 0.15) is 0 Å². The Morgan fingerprint density at radius 2 is 1.10 bits per heavy atom. The summed E-state index contributed by atoms with van der Waals surface area (Å²) in [7, 11) is 0. The second kappa shape index (κ2) is 9.90. The predicted octanol–water partition coefficient (Wildman–Crippen LogP) is 7.18. The highest BCUT2D eigenvalue weighted by Crippen LogP contribution is 2.33. The van der Waals surface area contributed by atoms with Crippen molar-refractivity contribution in [1.29, 1.82) is 0 Å². The maximum atomic E-state index is 11.5. The summed E-state index contributed by atoms with van der Waals surface area (Å²) in [5.41, 5.74) is 8.39. The maximum absolute atomic E-state index is 11.5. The van der Waals surface area contributed by atoms with Crippen LogP contribution >= 0.6 is 0 Å². The summed E-state index contributed by atoms with van der Waals surface area (Å²) >= 11 is 0. The van der Waals surface area contributed by atoms with Gasteiger partial charge in [-0.3, -0.25) is 4.79 Å². The van der Waals surface area contributed by atoms with Gasteiger partial charge in [0.15, 0.2) is 0 Å². The van der Waals surface area contributed by atoms with Gasteiger partial charge in [-0.15, -0.1) is 0 Å². The molecule has 0 aromatic heterocycles. The van der Waals surface area contributed by atoms with E-state index in [1.165, 1.54) is 33.4 Å². The number of benzene rings is 4. The molecule has 31 heavy (non-hydrogen) atoms. The van der Waals surface area contributed by atoms with Crippen LogP contribution in [0.25, 0.3) is 33.4 Å². The summed E-state index contributed by atoms with van der Waals surface area (Å²) in [5, 5.41) is 0. The lowest BCUT2D eigenvalue weighted by Gasteiger charge is -2.11. The third-order valence-electron chi connectivity index (χ3n) is 5.42. The van der Waals surface area contributed by atoms with E-state index in [1.54, 1.807) is 0 Å². The van der Waals surface area contributed by atoms with Gasteiger partial charge >= 0.3 is 5.97 Å². The minimum absolute atomic E-state index is 0.141. The Balaban J connectivity index is 1.51. The van der Waals surface area contributed by atoms with Crippen LogP contribution in [0, 0.1) is 0 Å². The lowest BCUT2D eigenvalue weighted by molar-refractivity contribution is -0.143. The third-order valence-corrected chi connectivity index (χ3v) is 5.42. The van der Waals surface area contributed by atoms with Crippen molar-refractivity contribution in [3.05, 3.63) is 109 Å². The van der Waals surface area contributed by atoms with Crippen molar-refractivity contribution < 1.29 is 9.53 Å². The zero-order valence-electron chi connectivity index (χ0n) is 17.8. The molecule has 4 aromatic rings. The number of carbonyl (C=O) groups is 1. The van der Waals surface area contributed by atoms with Crippen molar-refractivity contribution in [3.63, 3.8) is 0 Å². The van der Waals surface area contributed by atoms with Gasteiger partial charge in [-0.2, -0.15) is 0 Å². The van der Waals surface area contributed by atoms with Crippen molar-refractivity contribution in [3.8, 4) is 33.4 Å². The fourth-order valence-electron chi connectivity index (χ4n) is 3.79. The van der Waals surface area contributed by atoms with Crippen molar-refractivity contribution in [2.75, 3.05) is 6.61 Å². The maximum Gasteiger partial charge on any atom is 0.306 e. The predicted molar refractivity (Wildman–Crippen MR) is 128 cm³/mol. The highest BCUT2D eigenvalue weighted by molar-refractivity contribution is 5.84. The molecule has 0 aliphatic heterocycles. The first-order valence-electron chi connectivity index (χ1n) is 10.7. The zero-order valence-corrected chi connectivity index (χ0v) is 17.8. The lowest BCUT2D eigenvalue weighted by Crippen LogP contribution is -2.05.